The Morgan fingerprint density at radius 2 is 1.65 bits per heavy atom. The molecule has 1 aromatic heterocycles. The zero-order chi connectivity index (χ0) is 18.5. The van der Waals surface area contributed by atoms with Crippen molar-refractivity contribution >= 4 is 23.1 Å². The number of aryl methyl sites for hydroxylation is 1. The summed E-state index contributed by atoms with van der Waals surface area (Å²) in [5.74, 6) is -0.939. The Labute approximate surface area is 154 Å². The van der Waals surface area contributed by atoms with Crippen LogP contribution in [0.2, 0.25) is 0 Å². The smallest absolute Gasteiger partial charge is 0.327 e. The van der Waals surface area contributed by atoms with E-state index in [9.17, 15) is 14.4 Å². The highest BCUT2D eigenvalue weighted by molar-refractivity contribution is 7.07. The van der Waals surface area contributed by atoms with Gasteiger partial charge < -0.3 is 4.74 Å². The molecule has 0 radical (unpaired) electrons. The van der Waals surface area contributed by atoms with Crippen molar-refractivity contribution in [3.05, 3.63) is 92.5 Å². The van der Waals surface area contributed by atoms with E-state index >= 15 is 0 Å². The fourth-order valence-electron chi connectivity index (χ4n) is 2.55. The minimum absolute atomic E-state index is 0.223. The number of nitrogens with zero attached hydrogens (tertiary/aromatic N) is 1. The molecule has 132 valence electrons. The Hall–Kier alpha value is -2.99. The lowest BCUT2D eigenvalue weighted by atomic mass is 10.00. The third kappa shape index (κ3) is 3.97. The van der Waals surface area contributed by atoms with Crippen LogP contribution in [-0.4, -0.2) is 16.3 Å². The monoisotopic (exact) mass is 367 g/mol. The van der Waals surface area contributed by atoms with Gasteiger partial charge in [0, 0.05) is 22.2 Å². The first-order chi connectivity index (χ1) is 12.6. The van der Waals surface area contributed by atoms with Crippen molar-refractivity contribution in [1.29, 1.82) is 0 Å². The normalized spacial score (nSPS) is 11.7. The Bertz CT molecular complexity index is 960. The van der Waals surface area contributed by atoms with E-state index < -0.39 is 12.1 Å². The molecule has 0 amide bonds. The second-order valence-corrected chi connectivity index (χ2v) is 6.56. The zero-order valence-electron chi connectivity index (χ0n) is 14.1. The minimum atomic E-state index is -1.05. The number of ether oxygens (including phenoxy) is 1. The molecule has 5 nitrogen and oxygen atoms in total. The van der Waals surface area contributed by atoms with E-state index in [1.807, 2.05) is 12.1 Å². The average Bonchev–Trinajstić information content (AvgIpc) is 2.99. The molecule has 0 saturated carbocycles. The Morgan fingerprint density at radius 3 is 2.23 bits per heavy atom. The second-order valence-electron chi connectivity index (χ2n) is 5.74. The predicted octanol–water partition coefficient (Wildman–Crippen LogP) is 3.39. The number of carbonyl (C=O) groups excluding carboxylic acids is 2. The summed E-state index contributed by atoms with van der Waals surface area (Å²) in [6, 6.07) is 17.5. The molecule has 3 rings (SSSR count). The number of ketones is 1. The second kappa shape index (κ2) is 7.93. The van der Waals surface area contributed by atoms with Gasteiger partial charge in [-0.3, -0.25) is 19.0 Å². The van der Waals surface area contributed by atoms with E-state index in [-0.39, 0.29) is 17.2 Å². The standard InChI is InChI=1S/C20H17NO4S/c1-14-13-26-20(24)21(14)12-17(22)25-19(16-10-6-3-7-11-16)18(23)15-8-4-2-5-9-15/h2-11,13,19H,12H2,1H3/t19-/m1/s1. The summed E-state index contributed by atoms with van der Waals surface area (Å²) in [4.78, 5) is 36.8. The molecule has 0 spiro atoms. The van der Waals surface area contributed by atoms with Crippen molar-refractivity contribution in [3.63, 3.8) is 0 Å². The molecule has 6 heteroatoms. The summed E-state index contributed by atoms with van der Waals surface area (Å²) in [5, 5.41) is 1.68. The van der Waals surface area contributed by atoms with E-state index in [1.54, 1.807) is 60.8 Å². The van der Waals surface area contributed by atoms with Crippen molar-refractivity contribution < 1.29 is 14.3 Å². The topological polar surface area (TPSA) is 65.4 Å². The van der Waals surface area contributed by atoms with Crippen LogP contribution in [0, 0.1) is 6.92 Å². The lowest BCUT2D eigenvalue weighted by Crippen LogP contribution is -2.26. The fraction of sp³-hybridized carbons (Fsp3) is 0.150. The van der Waals surface area contributed by atoms with Gasteiger partial charge >= 0.3 is 10.8 Å². The number of thiazole rings is 1. The average molecular weight is 367 g/mol. The van der Waals surface area contributed by atoms with Crippen molar-refractivity contribution in [2.45, 2.75) is 19.6 Å². The minimum Gasteiger partial charge on any atom is -0.448 e. The number of benzene rings is 2. The van der Waals surface area contributed by atoms with Crippen molar-refractivity contribution in [1.82, 2.24) is 4.57 Å². The largest absolute Gasteiger partial charge is 0.448 e. The summed E-state index contributed by atoms with van der Waals surface area (Å²) in [5.41, 5.74) is 1.73. The van der Waals surface area contributed by atoms with E-state index in [4.69, 9.17) is 4.74 Å². The fourth-order valence-corrected chi connectivity index (χ4v) is 3.28. The first-order valence-corrected chi connectivity index (χ1v) is 8.93. The molecule has 0 bridgehead atoms. The molecule has 3 aromatic rings. The van der Waals surface area contributed by atoms with Crippen LogP contribution >= 0.6 is 11.3 Å². The van der Waals surface area contributed by atoms with Gasteiger partial charge in [0.25, 0.3) is 0 Å². The van der Waals surface area contributed by atoms with Crippen LogP contribution in [0.4, 0.5) is 0 Å². The lowest BCUT2D eigenvalue weighted by molar-refractivity contribution is -0.148. The summed E-state index contributed by atoms with van der Waals surface area (Å²) < 4.78 is 6.83. The molecular weight excluding hydrogens is 350 g/mol. The van der Waals surface area contributed by atoms with Gasteiger partial charge in [-0.2, -0.15) is 0 Å². The van der Waals surface area contributed by atoms with Gasteiger partial charge in [0.15, 0.2) is 6.10 Å². The third-order valence-corrected chi connectivity index (χ3v) is 4.79. The molecule has 2 aromatic carbocycles. The van der Waals surface area contributed by atoms with Crippen LogP contribution < -0.4 is 4.87 Å². The Kier molecular flexibility index (Phi) is 5.43. The quantitative estimate of drug-likeness (QED) is 0.495. The molecule has 26 heavy (non-hydrogen) atoms. The van der Waals surface area contributed by atoms with Gasteiger partial charge in [-0.15, -0.1) is 0 Å². The van der Waals surface area contributed by atoms with Crippen LogP contribution in [0.15, 0.2) is 70.8 Å². The maximum absolute atomic E-state index is 12.9. The van der Waals surface area contributed by atoms with Gasteiger partial charge in [0.2, 0.25) is 5.78 Å². The summed E-state index contributed by atoms with van der Waals surface area (Å²) >= 11 is 1.02. The van der Waals surface area contributed by atoms with Gasteiger partial charge in [-0.25, -0.2) is 0 Å². The van der Waals surface area contributed by atoms with Crippen molar-refractivity contribution in [3.8, 4) is 0 Å². The number of esters is 1. The number of hydrogen-bond donors (Lipinski definition) is 0. The lowest BCUT2D eigenvalue weighted by Gasteiger charge is -2.18. The Morgan fingerprint density at radius 1 is 1.04 bits per heavy atom. The molecule has 0 N–H and O–H groups in total. The van der Waals surface area contributed by atoms with E-state index in [2.05, 4.69) is 0 Å². The highest BCUT2D eigenvalue weighted by Crippen LogP contribution is 2.23. The molecule has 0 aliphatic carbocycles. The van der Waals surface area contributed by atoms with Crippen LogP contribution in [0.3, 0.4) is 0 Å². The summed E-state index contributed by atoms with van der Waals surface area (Å²) in [6.45, 7) is 1.52. The van der Waals surface area contributed by atoms with Crippen LogP contribution in [0.5, 0.6) is 0 Å². The van der Waals surface area contributed by atoms with Gasteiger partial charge in [0.1, 0.15) is 6.54 Å². The first kappa shape index (κ1) is 17.8. The SMILES string of the molecule is Cc1csc(=O)n1CC(=O)O[C@@H](C(=O)c1ccccc1)c1ccccc1. The number of rotatable bonds is 6. The third-order valence-electron chi connectivity index (χ3n) is 3.91. The summed E-state index contributed by atoms with van der Waals surface area (Å²) in [7, 11) is 0. The molecule has 0 fully saturated rings. The number of hydrogen-bond acceptors (Lipinski definition) is 5. The van der Waals surface area contributed by atoms with Crippen molar-refractivity contribution in [2.75, 3.05) is 0 Å². The van der Waals surface area contributed by atoms with Gasteiger partial charge in [-0.1, -0.05) is 72.0 Å². The van der Waals surface area contributed by atoms with E-state index in [0.717, 1.165) is 11.3 Å². The molecule has 0 aliphatic rings. The molecule has 1 heterocycles. The van der Waals surface area contributed by atoms with Crippen LogP contribution in [0.1, 0.15) is 27.7 Å². The molecule has 0 saturated heterocycles. The van der Waals surface area contributed by atoms with Gasteiger partial charge in [0.05, 0.1) is 0 Å². The van der Waals surface area contributed by atoms with Crippen LogP contribution in [-0.2, 0) is 16.1 Å². The number of carbonyl (C=O) groups is 2. The van der Waals surface area contributed by atoms with E-state index in [1.165, 1.54) is 4.57 Å². The first-order valence-electron chi connectivity index (χ1n) is 8.05. The maximum Gasteiger partial charge on any atom is 0.327 e. The predicted molar refractivity (Wildman–Crippen MR) is 99.4 cm³/mol. The zero-order valence-corrected chi connectivity index (χ0v) is 14.9. The van der Waals surface area contributed by atoms with E-state index in [0.29, 0.717) is 16.8 Å². The van der Waals surface area contributed by atoms with Crippen molar-refractivity contribution in [2.24, 2.45) is 0 Å². The highest BCUT2D eigenvalue weighted by Gasteiger charge is 2.26. The molecule has 1 atom stereocenters. The number of aromatic nitrogens is 1. The maximum atomic E-state index is 12.9. The summed E-state index contributed by atoms with van der Waals surface area (Å²) in [6.07, 6.45) is -1.05. The highest BCUT2D eigenvalue weighted by atomic mass is 32.1. The number of Topliss-reactive ketones (excluding diaryl/α,β-unsaturated/α-hetero) is 1. The molecule has 0 unspecified atom stereocenters. The van der Waals surface area contributed by atoms with Crippen LogP contribution in [0.25, 0.3) is 0 Å². The molecular formula is C20H17NO4S. The Balaban J connectivity index is 1.86. The molecule has 0 aliphatic heterocycles. The van der Waals surface area contributed by atoms with Gasteiger partial charge in [-0.05, 0) is 6.92 Å².